The third-order valence-corrected chi connectivity index (χ3v) is 3.32. The van der Waals surface area contributed by atoms with Crippen molar-refractivity contribution in [3.63, 3.8) is 0 Å². The molecule has 0 aliphatic carbocycles. The van der Waals surface area contributed by atoms with Crippen molar-refractivity contribution in [3.8, 4) is 6.07 Å². The summed E-state index contributed by atoms with van der Waals surface area (Å²) in [5, 5.41) is 21.7. The summed E-state index contributed by atoms with van der Waals surface area (Å²) in [5.74, 6) is -0.412. The van der Waals surface area contributed by atoms with Crippen LogP contribution >= 0.6 is 0 Å². The van der Waals surface area contributed by atoms with Gasteiger partial charge < -0.3 is 5.11 Å². The number of benzene rings is 2. The standard InChI is InChI=1S/C16H17NO/c1-11(2)16(18)15(10-17)14-9-5-7-12-6-3-4-8-13(12)14/h3-9,11,15-16,18H,1-2H3/t15-,16-/m1/s1. The predicted molar refractivity (Wildman–Crippen MR) is 73.1 cm³/mol. The molecule has 0 saturated carbocycles. The fourth-order valence-corrected chi connectivity index (χ4v) is 2.24. The van der Waals surface area contributed by atoms with Crippen molar-refractivity contribution in [2.24, 2.45) is 5.92 Å². The molecule has 0 aromatic heterocycles. The minimum atomic E-state index is -0.638. The van der Waals surface area contributed by atoms with Crippen LogP contribution in [0.5, 0.6) is 0 Å². The summed E-state index contributed by atoms with van der Waals surface area (Å²) >= 11 is 0. The van der Waals surface area contributed by atoms with E-state index in [2.05, 4.69) is 6.07 Å². The highest BCUT2D eigenvalue weighted by Gasteiger charge is 2.24. The maximum absolute atomic E-state index is 10.2. The average molecular weight is 239 g/mol. The van der Waals surface area contributed by atoms with Crippen LogP contribution in [0.4, 0.5) is 0 Å². The van der Waals surface area contributed by atoms with Gasteiger partial charge in [0, 0.05) is 0 Å². The van der Waals surface area contributed by atoms with Gasteiger partial charge in [0.2, 0.25) is 0 Å². The molecule has 0 radical (unpaired) electrons. The summed E-state index contributed by atoms with van der Waals surface area (Å²) in [7, 11) is 0. The Kier molecular flexibility index (Phi) is 3.64. The molecule has 0 aliphatic heterocycles. The first-order valence-corrected chi connectivity index (χ1v) is 6.20. The van der Waals surface area contributed by atoms with Crippen molar-refractivity contribution < 1.29 is 5.11 Å². The molecule has 18 heavy (non-hydrogen) atoms. The summed E-state index contributed by atoms with van der Waals surface area (Å²) in [6.45, 7) is 3.86. The van der Waals surface area contributed by atoms with E-state index in [-0.39, 0.29) is 5.92 Å². The number of aliphatic hydroxyl groups excluding tert-OH is 1. The Balaban J connectivity index is 2.56. The number of fused-ring (bicyclic) bond motifs is 1. The van der Waals surface area contributed by atoms with E-state index in [0.717, 1.165) is 16.3 Å². The van der Waals surface area contributed by atoms with Crippen LogP contribution in [-0.2, 0) is 0 Å². The zero-order valence-corrected chi connectivity index (χ0v) is 10.7. The van der Waals surface area contributed by atoms with E-state index >= 15 is 0 Å². The second-order valence-corrected chi connectivity index (χ2v) is 4.91. The van der Waals surface area contributed by atoms with Gasteiger partial charge in [-0.1, -0.05) is 56.3 Å². The fourth-order valence-electron chi connectivity index (χ4n) is 2.24. The number of nitrogens with zero attached hydrogens (tertiary/aromatic N) is 1. The lowest BCUT2D eigenvalue weighted by molar-refractivity contribution is 0.113. The first kappa shape index (κ1) is 12.6. The van der Waals surface area contributed by atoms with E-state index < -0.39 is 12.0 Å². The third-order valence-electron chi connectivity index (χ3n) is 3.32. The van der Waals surface area contributed by atoms with Crippen LogP contribution in [0.1, 0.15) is 25.3 Å². The topological polar surface area (TPSA) is 44.0 Å². The van der Waals surface area contributed by atoms with Crippen LogP contribution < -0.4 is 0 Å². The lowest BCUT2D eigenvalue weighted by atomic mass is 9.86. The van der Waals surface area contributed by atoms with Gasteiger partial charge in [-0.05, 0) is 22.3 Å². The molecule has 92 valence electrons. The molecule has 0 unspecified atom stereocenters. The quantitative estimate of drug-likeness (QED) is 0.891. The second-order valence-electron chi connectivity index (χ2n) is 4.91. The van der Waals surface area contributed by atoms with Gasteiger partial charge in [0.1, 0.15) is 0 Å². The summed E-state index contributed by atoms with van der Waals surface area (Å²) in [6, 6.07) is 16.1. The molecule has 0 saturated heterocycles. The minimum Gasteiger partial charge on any atom is -0.391 e. The van der Waals surface area contributed by atoms with Gasteiger partial charge in [0.25, 0.3) is 0 Å². The van der Waals surface area contributed by atoms with Gasteiger partial charge in [-0.15, -0.1) is 0 Å². The Hall–Kier alpha value is -1.85. The summed E-state index contributed by atoms with van der Waals surface area (Å²) < 4.78 is 0. The van der Waals surface area contributed by atoms with Crippen LogP contribution in [0.15, 0.2) is 42.5 Å². The van der Waals surface area contributed by atoms with Crippen molar-refractivity contribution in [1.82, 2.24) is 0 Å². The molecule has 0 bridgehead atoms. The van der Waals surface area contributed by atoms with Crippen molar-refractivity contribution in [3.05, 3.63) is 48.0 Å². The monoisotopic (exact) mass is 239 g/mol. The van der Waals surface area contributed by atoms with Crippen molar-refractivity contribution in [1.29, 1.82) is 5.26 Å². The second kappa shape index (κ2) is 5.20. The third kappa shape index (κ3) is 2.23. The number of aliphatic hydroxyl groups is 1. The highest BCUT2D eigenvalue weighted by atomic mass is 16.3. The van der Waals surface area contributed by atoms with E-state index in [9.17, 15) is 10.4 Å². The Bertz CT molecular complexity index is 578. The molecule has 2 aromatic carbocycles. The number of hydrogen-bond acceptors (Lipinski definition) is 2. The molecule has 2 heteroatoms. The zero-order valence-electron chi connectivity index (χ0n) is 10.7. The van der Waals surface area contributed by atoms with E-state index in [1.54, 1.807) is 0 Å². The molecule has 2 atom stereocenters. The molecule has 0 heterocycles. The summed E-state index contributed by atoms with van der Waals surface area (Å²) in [5.41, 5.74) is 0.914. The first-order chi connectivity index (χ1) is 8.65. The van der Waals surface area contributed by atoms with E-state index in [1.165, 1.54) is 0 Å². The predicted octanol–water partition coefficient (Wildman–Crippen LogP) is 3.46. The zero-order chi connectivity index (χ0) is 13.1. The molecule has 2 nitrogen and oxygen atoms in total. The van der Waals surface area contributed by atoms with Crippen LogP contribution in [0, 0.1) is 17.2 Å². The smallest absolute Gasteiger partial charge is 0.0980 e. The SMILES string of the molecule is CC(C)[C@@H](O)[C@H](C#N)c1cccc2ccccc12. The normalized spacial score (nSPS) is 14.4. The minimum absolute atomic E-state index is 0.0635. The number of nitriles is 1. The van der Waals surface area contributed by atoms with Crippen LogP contribution in [0.2, 0.25) is 0 Å². The Morgan fingerprint density at radius 3 is 2.39 bits per heavy atom. The van der Waals surface area contributed by atoms with Crippen molar-refractivity contribution in [2.45, 2.75) is 25.9 Å². The first-order valence-electron chi connectivity index (χ1n) is 6.20. The van der Waals surface area contributed by atoms with E-state index in [1.807, 2.05) is 56.3 Å². The van der Waals surface area contributed by atoms with Crippen molar-refractivity contribution in [2.75, 3.05) is 0 Å². The average Bonchev–Trinajstić information content (AvgIpc) is 2.39. The summed E-state index contributed by atoms with van der Waals surface area (Å²) in [4.78, 5) is 0. The Morgan fingerprint density at radius 2 is 1.72 bits per heavy atom. The largest absolute Gasteiger partial charge is 0.391 e. The molecule has 2 rings (SSSR count). The van der Waals surface area contributed by atoms with E-state index in [0.29, 0.717) is 0 Å². The Morgan fingerprint density at radius 1 is 1.06 bits per heavy atom. The molecule has 0 amide bonds. The summed E-state index contributed by atoms with van der Waals surface area (Å²) in [6.07, 6.45) is -0.638. The number of rotatable bonds is 3. The number of hydrogen-bond donors (Lipinski definition) is 1. The Labute approximate surface area is 107 Å². The molecule has 0 spiro atoms. The van der Waals surface area contributed by atoms with Crippen LogP contribution in [-0.4, -0.2) is 11.2 Å². The van der Waals surface area contributed by atoms with Crippen LogP contribution in [0.25, 0.3) is 10.8 Å². The van der Waals surface area contributed by atoms with Gasteiger partial charge in [-0.2, -0.15) is 5.26 Å². The maximum Gasteiger partial charge on any atom is 0.0980 e. The molecule has 2 aromatic rings. The van der Waals surface area contributed by atoms with Gasteiger partial charge >= 0.3 is 0 Å². The maximum atomic E-state index is 10.2. The highest BCUT2D eigenvalue weighted by molar-refractivity contribution is 5.86. The van der Waals surface area contributed by atoms with Crippen LogP contribution in [0.3, 0.4) is 0 Å². The molecule has 0 fully saturated rings. The molecular weight excluding hydrogens is 222 g/mol. The fraction of sp³-hybridized carbons (Fsp3) is 0.312. The van der Waals surface area contributed by atoms with Crippen molar-refractivity contribution >= 4 is 10.8 Å². The lowest BCUT2D eigenvalue weighted by Gasteiger charge is -2.21. The van der Waals surface area contributed by atoms with Gasteiger partial charge in [-0.25, -0.2) is 0 Å². The van der Waals surface area contributed by atoms with E-state index in [4.69, 9.17) is 0 Å². The lowest BCUT2D eigenvalue weighted by Crippen LogP contribution is -2.23. The van der Waals surface area contributed by atoms with Gasteiger partial charge in [0.15, 0.2) is 0 Å². The molecular formula is C16H17NO. The molecule has 1 N–H and O–H groups in total. The van der Waals surface area contributed by atoms with Gasteiger partial charge in [-0.3, -0.25) is 0 Å². The highest BCUT2D eigenvalue weighted by Crippen LogP contribution is 2.29. The molecule has 0 aliphatic rings. The van der Waals surface area contributed by atoms with Gasteiger partial charge in [0.05, 0.1) is 18.1 Å².